The summed E-state index contributed by atoms with van der Waals surface area (Å²) in [5.41, 5.74) is 0.556. The average molecular weight is 314 g/mol. The van der Waals surface area contributed by atoms with E-state index in [1.54, 1.807) is 6.07 Å². The average Bonchev–Trinajstić information content (AvgIpc) is 2.30. The van der Waals surface area contributed by atoms with Gasteiger partial charge in [0.15, 0.2) is 0 Å². The van der Waals surface area contributed by atoms with Crippen molar-refractivity contribution in [3.05, 3.63) is 34.1 Å². The van der Waals surface area contributed by atoms with Crippen molar-refractivity contribution < 1.29 is 9.18 Å². The molecule has 1 amide bonds. The molecule has 2 rings (SSSR count). The molecule has 1 fully saturated rings. The van der Waals surface area contributed by atoms with Crippen LogP contribution in [0.1, 0.15) is 37.0 Å². The Hall–Kier alpha value is -0.900. The van der Waals surface area contributed by atoms with Crippen molar-refractivity contribution in [3.8, 4) is 0 Å². The van der Waals surface area contributed by atoms with Gasteiger partial charge in [0.1, 0.15) is 5.82 Å². The van der Waals surface area contributed by atoms with Crippen LogP contribution in [0.25, 0.3) is 0 Å². The zero-order valence-electron chi connectivity index (χ0n) is 10.7. The number of hydrogen-bond donors (Lipinski definition) is 0. The number of carbonyl (C=O) groups excluding carboxylic acids is 1. The summed E-state index contributed by atoms with van der Waals surface area (Å²) in [5, 5.41) is 0. The van der Waals surface area contributed by atoms with E-state index in [0.29, 0.717) is 10.0 Å². The van der Waals surface area contributed by atoms with Crippen molar-refractivity contribution in [3.63, 3.8) is 0 Å². The highest BCUT2D eigenvalue weighted by molar-refractivity contribution is 9.10. The summed E-state index contributed by atoms with van der Waals surface area (Å²) in [6.45, 7) is 5.81. The Morgan fingerprint density at radius 1 is 1.44 bits per heavy atom. The lowest BCUT2D eigenvalue weighted by molar-refractivity contribution is 0.0582. The van der Waals surface area contributed by atoms with Crippen LogP contribution in [0.2, 0.25) is 0 Å². The molecular weight excluding hydrogens is 297 g/mol. The minimum absolute atomic E-state index is 0.0887. The summed E-state index contributed by atoms with van der Waals surface area (Å²) in [6, 6.07) is 4.23. The van der Waals surface area contributed by atoms with Gasteiger partial charge >= 0.3 is 0 Å². The molecule has 1 aromatic carbocycles. The maximum absolute atomic E-state index is 13.2. The molecule has 1 aromatic rings. The monoisotopic (exact) mass is 313 g/mol. The van der Waals surface area contributed by atoms with Crippen molar-refractivity contribution in [2.24, 2.45) is 5.41 Å². The summed E-state index contributed by atoms with van der Waals surface area (Å²) in [6.07, 6.45) is 2.13. The fourth-order valence-electron chi connectivity index (χ4n) is 2.43. The molecule has 98 valence electrons. The summed E-state index contributed by atoms with van der Waals surface area (Å²) in [7, 11) is 0. The van der Waals surface area contributed by atoms with Crippen LogP contribution in [-0.4, -0.2) is 23.9 Å². The van der Waals surface area contributed by atoms with Crippen LogP contribution in [0, 0.1) is 11.2 Å². The normalized spacial score (nSPS) is 18.8. The smallest absolute Gasteiger partial charge is 0.255 e. The van der Waals surface area contributed by atoms with E-state index in [-0.39, 0.29) is 17.1 Å². The number of amides is 1. The van der Waals surface area contributed by atoms with Gasteiger partial charge in [-0.2, -0.15) is 0 Å². The summed E-state index contributed by atoms with van der Waals surface area (Å²) >= 11 is 3.31. The number of hydrogen-bond acceptors (Lipinski definition) is 1. The van der Waals surface area contributed by atoms with Gasteiger partial charge in [0.2, 0.25) is 0 Å². The fraction of sp³-hybridized carbons (Fsp3) is 0.500. The van der Waals surface area contributed by atoms with Gasteiger partial charge in [-0.1, -0.05) is 13.8 Å². The fourth-order valence-corrected chi connectivity index (χ4v) is 2.84. The van der Waals surface area contributed by atoms with Gasteiger partial charge in [-0.25, -0.2) is 4.39 Å². The second-order valence-electron chi connectivity index (χ2n) is 5.62. The number of benzene rings is 1. The molecule has 0 bridgehead atoms. The zero-order valence-corrected chi connectivity index (χ0v) is 12.3. The Kier molecular flexibility index (Phi) is 3.76. The Morgan fingerprint density at radius 3 is 2.83 bits per heavy atom. The van der Waals surface area contributed by atoms with E-state index in [1.807, 2.05) is 4.90 Å². The highest BCUT2D eigenvalue weighted by atomic mass is 79.9. The second kappa shape index (κ2) is 5.00. The van der Waals surface area contributed by atoms with E-state index >= 15 is 0 Å². The molecule has 0 spiro atoms. The molecule has 0 aromatic heterocycles. The second-order valence-corrected chi connectivity index (χ2v) is 6.47. The van der Waals surface area contributed by atoms with Crippen molar-refractivity contribution in [1.29, 1.82) is 0 Å². The maximum atomic E-state index is 13.2. The topological polar surface area (TPSA) is 20.3 Å². The first-order chi connectivity index (χ1) is 8.39. The number of piperidine rings is 1. The minimum atomic E-state index is -0.377. The van der Waals surface area contributed by atoms with Crippen molar-refractivity contribution in [1.82, 2.24) is 4.90 Å². The molecule has 4 heteroatoms. The van der Waals surface area contributed by atoms with Gasteiger partial charge in [-0.3, -0.25) is 4.79 Å². The zero-order chi connectivity index (χ0) is 13.3. The first kappa shape index (κ1) is 13.5. The van der Waals surface area contributed by atoms with E-state index in [4.69, 9.17) is 0 Å². The van der Waals surface area contributed by atoms with E-state index in [2.05, 4.69) is 29.8 Å². The van der Waals surface area contributed by atoms with Crippen LogP contribution in [0.4, 0.5) is 4.39 Å². The van der Waals surface area contributed by atoms with Crippen molar-refractivity contribution in [2.75, 3.05) is 13.1 Å². The van der Waals surface area contributed by atoms with Gasteiger partial charge in [0.25, 0.3) is 5.91 Å². The third kappa shape index (κ3) is 2.91. The largest absolute Gasteiger partial charge is 0.338 e. The Morgan fingerprint density at radius 2 is 2.17 bits per heavy atom. The number of carbonyl (C=O) groups is 1. The lowest BCUT2D eigenvalue weighted by atomic mass is 9.84. The molecule has 0 unspecified atom stereocenters. The first-order valence-electron chi connectivity index (χ1n) is 6.13. The molecule has 2 nitrogen and oxygen atoms in total. The van der Waals surface area contributed by atoms with Gasteiger partial charge < -0.3 is 4.90 Å². The van der Waals surface area contributed by atoms with E-state index in [9.17, 15) is 9.18 Å². The molecular formula is C14H17BrFNO. The molecule has 0 aliphatic carbocycles. The highest BCUT2D eigenvalue weighted by Gasteiger charge is 2.30. The maximum Gasteiger partial charge on any atom is 0.255 e. The van der Waals surface area contributed by atoms with Gasteiger partial charge in [0, 0.05) is 17.6 Å². The number of rotatable bonds is 1. The van der Waals surface area contributed by atoms with Crippen LogP contribution in [0.5, 0.6) is 0 Å². The van der Waals surface area contributed by atoms with Gasteiger partial charge in [-0.15, -0.1) is 0 Å². The van der Waals surface area contributed by atoms with Crippen molar-refractivity contribution in [2.45, 2.75) is 26.7 Å². The standard InChI is InChI=1S/C14H17BrFNO/c1-14(2)6-3-7-17(9-14)13(18)11-8-10(16)4-5-12(11)15/h4-5,8H,3,6-7,9H2,1-2H3. The predicted octanol–water partition coefficient (Wildman–Crippen LogP) is 3.85. The Bertz CT molecular complexity index is 473. The van der Waals surface area contributed by atoms with E-state index < -0.39 is 0 Å². The SMILES string of the molecule is CC1(C)CCCN(C(=O)c2cc(F)ccc2Br)C1. The van der Waals surface area contributed by atoms with E-state index in [0.717, 1.165) is 25.9 Å². The third-order valence-electron chi connectivity index (χ3n) is 3.35. The molecule has 1 aliphatic heterocycles. The first-order valence-corrected chi connectivity index (χ1v) is 6.93. The van der Waals surface area contributed by atoms with Crippen LogP contribution < -0.4 is 0 Å². The van der Waals surface area contributed by atoms with Crippen molar-refractivity contribution >= 4 is 21.8 Å². The predicted molar refractivity (Wildman–Crippen MR) is 73.0 cm³/mol. The summed E-state index contributed by atoms with van der Waals surface area (Å²) in [4.78, 5) is 14.2. The lowest BCUT2D eigenvalue weighted by Gasteiger charge is -2.38. The highest BCUT2D eigenvalue weighted by Crippen LogP contribution is 2.30. The third-order valence-corrected chi connectivity index (χ3v) is 4.04. The molecule has 1 heterocycles. The van der Waals surface area contributed by atoms with E-state index in [1.165, 1.54) is 12.1 Å². The van der Waals surface area contributed by atoms with Gasteiger partial charge in [-0.05, 0) is 52.4 Å². The van der Waals surface area contributed by atoms with Crippen LogP contribution in [-0.2, 0) is 0 Å². The lowest BCUT2D eigenvalue weighted by Crippen LogP contribution is -2.43. The van der Waals surface area contributed by atoms with Crippen LogP contribution in [0.3, 0.4) is 0 Å². The number of nitrogens with zero attached hydrogens (tertiary/aromatic N) is 1. The molecule has 18 heavy (non-hydrogen) atoms. The minimum Gasteiger partial charge on any atom is -0.338 e. The molecule has 1 saturated heterocycles. The number of likely N-dealkylation sites (tertiary alicyclic amines) is 1. The molecule has 0 saturated carbocycles. The molecule has 1 aliphatic rings. The quantitative estimate of drug-likeness (QED) is 0.771. The Balaban J connectivity index is 2.23. The number of halogens is 2. The Labute approximate surface area is 115 Å². The molecule has 0 radical (unpaired) electrons. The van der Waals surface area contributed by atoms with Crippen LogP contribution in [0.15, 0.2) is 22.7 Å². The summed E-state index contributed by atoms with van der Waals surface area (Å²) < 4.78 is 13.9. The van der Waals surface area contributed by atoms with Crippen LogP contribution >= 0.6 is 15.9 Å². The molecule has 0 N–H and O–H groups in total. The molecule has 0 atom stereocenters. The summed E-state index contributed by atoms with van der Waals surface area (Å²) in [5.74, 6) is -0.466. The van der Waals surface area contributed by atoms with Gasteiger partial charge in [0.05, 0.1) is 5.56 Å².